The molecule has 0 amide bonds. The molecule has 0 saturated carbocycles. The molecule has 344 valence electrons. The summed E-state index contributed by atoms with van der Waals surface area (Å²) >= 11 is 0. The van der Waals surface area contributed by atoms with Crippen LogP contribution in [0.25, 0.3) is 0 Å². The fourth-order valence-electron chi connectivity index (χ4n) is 7.81. The first-order chi connectivity index (χ1) is 28.2. The van der Waals surface area contributed by atoms with Gasteiger partial charge in [-0.3, -0.25) is 14.4 Å². The summed E-state index contributed by atoms with van der Waals surface area (Å²) in [5, 5.41) is 0. The van der Waals surface area contributed by atoms with Crippen molar-refractivity contribution in [1.29, 1.82) is 0 Å². The number of esters is 3. The molecular weight excluding hydrogens is 721 g/mol. The molecule has 0 saturated heterocycles. The first-order valence-electron chi connectivity index (χ1n) is 25.7. The fraction of sp³-hybridized carbons (Fsp3) is 0.942. The van der Waals surface area contributed by atoms with Crippen LogP contribution < -0.4 is 0 Å². The molecule has 0 heterocycles. The number of hydrogen-bond acceptors (Lipinski definition) is 6. The Morgan fingerprint density at radius 2 is 0.569 bits per heavy atom. The summed E-state index contributed by atoms with van der Waals surface area (Å²) < 4.78 is 16.8. The van der Waals surface area contributed by atoms with E-state index in [2.05, 4.69) is 34.6 Å². The predicted molar refractivity (Wildman–Crippen MR) is 247 cm³/mol. The lowest BCUT2D eigenvalue weighted by molar-refractivity contribution is -0.167. The molecular formula is C52H100O6. The second kappa shape index (κ2) is 44.9. The van der Waals surface area contributed by atoms with Gasteiger partial charge in [-0.15, -0.1) is 0 Å². The van der Waals surface area contributed by atoms with E-state index < -0.39 is 6.10 Å². The van der Waals surface area contributed by atoms with Gasteiger partial charge in [-0.05, 0) is 31.1 Å². The maximum absolute atomic E-state index is 12.8. The number of carbonyl (C=O) groups excluding carboxylic acids is 3. The van der Waals surface area contributed by atoms with E-state index in [0.717, 1.165) is 69.6 Å². The highest BCUT2D eigenvalue weighted by Crippen LogP contribution is 2.17. The Kier molecular flexibility index (Phi) is 43.7. The van der Waals surface area contributed by atoms with Crippen LogP contribution in [0.2, 0.25) is 0 Å². The molecule has 0 radical (unpaired) electrons. The predicted octanol–water partition coefficient (Wildman–Crippen LogP) is 16.5. The zero-order valence-electron chi connectivity index (χ0n) is 39.7. The zero-order valence-corrected chi connectivity index (χ0v) is 39.7. The zero-order chi connectivity index (χ0) is 42.6. The summed E-state index contributed by atoms with van der Waals surface area (Å²) in [5.74, 6) is 0.762. The lowest BCUT2D eigenvalue weighted by atomic mass is 10.0. The quantitative estimate of drug-likeness (QED) is 0.0346. The topological polar surface area (TPSA) is 78.9 Å². The van der Waals surface area contributed by atoms with E-state index in [1.165, 1.54) is 173 Å². The largest absolute Gasteiger partial charge is 0.462 e. The Hall–Kier alpha value is -1.59. The monoisotopic (exact) mass is 821 g/mol. The van der Waals surface area contributed by atoms with E-state index in [1.807, 2.05) is 0 Å². The second-order valence-electron chi connectivity index (χ2n) is 18.8. The molecule has 6 nitrogen and oxygen atoms in total. The van der Waals surface area contributed by atoms with Crippen molar-refractivity contribution in [3.63, 3.8) is 0 Å². The fourth-order valence-corrected chi connectivity index (χ4v) is 7.81. The molecule has 0 aromatic rings. The molecule has 0 aromatic heterocycles. The Morgan fingerprint density at radius 3 is 0.845 bits per heavy atom. The van der Waals surface area contributed by atoms with Crippen molar-refractivity contribution < 1.29 is 28.6 Å². The van der Waals surface area contributed by atoms with Crippen LogP contribution in [0, 0.1) is 11.8 Å². The summed E-state index contributed by atoms with van der Waals surface area (Å²) in [5.41, 5.74) is 0. The van der Waals surface area contributed by atoms with Crippen molar-refractivity contribution in [2.45, 2.75) is 291 Å². The van der Waals surface area contributed by atoms with Crippen LogP contribution in [0.15, 0.2) is 0 Å². The van der Waals surface area contributed by atoms with Gasteiger partial charge in [0.25, 0.3) is 0 Å². The van der Waals surface area contributed by atoms with E-state index in [1.54, 1.807) is 0 Å². The number of unbranched alkanes of at least 4 members (excludes halogenated alkanes) is 31. The maximum atomic E-state index is 12.8. The van der Waals surface area contributed by atoms with E-state index in [-0.39, 0.29) is 31.1 Å². The standard InChI is InChI=1S/C52H100O6/c1-6-7-8-9-10-11-12-20-23-26-32-37-42-50(53)56-45-49(46-57-51(54)43-38-33-29-28-31-36-41-48(4)5)58-52(55)44-39-34-27-24-21-18-16-14-13-15-17-19-22-25-30-35-40-47(2)3/h47-49H,6-46H2,1-5H3/t49-/m1/s1. The van der Waals surface area contributed by atoms with Crippen LogP contribution in [0.1, 0.15) is 285 Å². The average Bonchev–Trinajstić information content (AvgIpc) is 3.19. The van der Waals surface area contributed by atoms with Crippen molar-refractivity contribution >= 4 is 17.9 Å². The van der Waals surface area contributed by atoms with E-state index in [9.17, 15) is 14.4 Å². The van der Waals surface area contributed by atoms with E-state index in [4.69, 9.17) is 14.2 Å². The lowest BCUT2D eigenvalue weighted by Crippen LogP contribution is -2.30. The van der Waals surface area contributed by atoms with Crippen molar-refractivity contribution in [2.24, 2.45) is 11.8 Å². The minimum atomic E-state index is -0.761. The molecule has 0 fully saturated rings. The third-order valence-electron chi connectivity index (χ3n) is 11.7. The van der Waals surface area contributed by atoms with Gasteiger partial charge >= 0.3 is 17.9 Å². The summed E-state index contributed by atoms with van der Waals surface area (Å²) in [6, 6.07) is 0. The van der Waals surface area contributed by atoms with E-state index >= 15 is 0 Å². The summed E-state index contributed by atoms with van der Waals surface area (Å²) in [6.45, 7) is 11.3. The van der Waals surface area contributed by atoms with E-state index in [0.29, 0.717) is 19.3 Å². The molecule has 0 aromatic carbocycles. The Bertz CT molecular complexity index is 885. The molecule has 58 heavy (non-hydrogen) atoms. The van der Waals surface area contributed by atoms with Gasteiger partial charge in [0, 0.05) is 19.3 Å². The third-order valence-corrected chi connectivity index (χ3v) is 11.7. The smallest absolute Gasteiger partial charge is 0.306 e. The van der Waals surface area contributed by atoms with Gasteiger partial charge < -0.3 is 14.2 Å². The van der Waals surface area contributed by atoms with Crippen molar-refractivity contribution in [1.82, 2.24) is 0 Å². The highest BCUT2D eigenvalue weighted by molar-refractivity contribution is 5.71. The van der Waals surface area contributed by atoms with Crippen molar-refractivity contribution in [3.8, 4) is 0 Å². The van der Waals surface area contributed by atoms with Crippen LogP contribution in [0.4, 0.5) is 0 Å². The van der Waals surface area contributed by atoms with Crippen LogP contribution >= 0.6 is 0 Å². The van der Waals surface area contributed by atoms with Gasteiger partial charge in [-0.1, -0.05) is 247 Å². The van der Waals surface area contributed by atoms with Gasteiger partial charge in [0.15, 0.2) is 6.10 Å². The second-order valence-corrected chi connectivity index (χ2v) is 18.8. The van der Waals surface area contributed by atoms with Gasteiger partial charge in [0.2, 0.25) is 0 Å². The number of carbonyl (C=O) groups is 3. The molecule has 0 aliphatic heterocycles. The number of hydrogen-bond donors (Lipinski definition) is 0. The van der Waals surface area contributed by atoms with Gasteiger partial charge in [-0.25, -0.2) is 0 Å². The minimum Gasteiger partial charge on any atom is -0.462 e. The van der Waals surface area contributed by atoms with Gasteiger partial charge in [0.1, 0.15) is 13.2 Å². The molecule has 0 spiro atoms. The first-order valence-corrected chi connectivity index (χ1v) is 25.7. The van der Waals surface area contributed by atoms with Crippen molar-refractivity contribution in [2.75, 3.05) is 13.2 Å². The average molecular weight is 821 g/mol. The molecule has 0 aliphatic carbocycles. The summed E-state index contributed by atoms with van der Waals surface area (Å²) in [6.07, 6.45) is 45.3. The molecule has 0 rings (SSSR count). The van der Waals surface area contributed by atoms with Crippen LogP contribution in [-0.2, 0) is 28.6 Å². The molecule has 0 N–H and O–H groups in total. The van der Waals surface area contributed by atoms with Crippen LogP contribution in [-0.4, -0.2) is 37.2 Å². The molecule has 0 bridgehead atoms. The van der Waals surface area contributed by atoms with Crippen LogP contribution in [0.5, 0.6) is 0 Å². The van der Waals surface area contributed by atoms with Gasteiger partial charge in [0.05, 0.1) is 0 Å². The maximum Gasteiger partial charge on any atom is 0.306 e. The molecule has 0 aliphatic rings. The SMILES string of the molecule is CCCCCCCCCCCCCCC(=O)OC[C@H](COC(=O)CCCCCCCCC(C)C)OC(=O)CCCCCCCCCCCCCCCCCCC(C)C. The van der Waals surface area contributed by atoms with Gasteiger partial charge in [-0.2, -0.15) is 0 Å². The lowest BCUT2D eigenvalue weighted by Gasteiger charge is -2.18. The Labute approximate surface area is 361 Å². The molecule has 6 heteroatoms. The highest BCUT2D eigenvalue weighted by atomic mass is 16.6. The summed E-state index contributed by atoms with van der Waals surface area (Å²) in [4.78, 5) is 37.8. The number of ether oxygens (including phenoxy) is 3. The minimum absolute atomic E-state index is 0.0644. The van der Waals surface area contributed by atoms with Crippen LogP contribution in [0.3, 0.4) is 0 Å². The Morgan fingerprint density at radius 1 is 0.328 bits per heavy atom. The number of rotatable bonds is 46. The Balaban J connectivity index is 4.24. The summed E-state index contributed by atoms with van der Waals surface area (Å²) in [7, 11) is 0. The first kappa shape index (κ1) is 56.4. The molecule has 0 unspecified atom stereocenters. The normalized spacial score (nSPS) is 12.1. The third kappa shape index (κ3) is 45.5. The molecule has 1 atom stereocenters. The highest BCUT2D eigenvalue weighted by Gasteiger charge is 2.19. The van der Waals surface area contributed by atoms with Crippen molar-refractivity contribution in [3.05, 3.63) is 0 Å².